The van der Waals surface area contributed by atoms with Gasteiger partial charge in [-0.3, -0.25) is 14.2 Å². The van der Waals surface area contributed by atoms with Gasteiger partial charge in [0.1, 0.15) is 11.4 Å². The highest BCUT2D eigenvalue weighted by Gasteiger charge is 2.30. The van der Waals surface area contributed by atoms with E-state index in [4.69, 9.17) is 0 Å². The maximum Gasteiger partial charge on any atom is 0.345 e. The molecule has 0 aromatic carbocycles. The number of rotatable bonds is 3. The minimum Gasteiger partial charge on any atom is -0.338 e. The lowest BCUT2D eigenvalue weighted by molar-refractivity contribution is 0.0700. The molecule has 2 aromatic rings. The minimum absolute atomic E-state index is 0.00746. The van der Waals surface area contributed by atoms with Crippen molar-refractivity contribution in [3.8, 4) is 0 Å². The molecule has 146 valence electrons. The summed E-state index contributed by atoms with van der Waals surface area (Å²) in [6.07, 6.45) is 1.68. The number of pyridine rings is 1. The Balaban J connectivity index is 1.92. The van der Waals surface area contributed by atoms with E-state index >= 15 is 0 Å². The van der Waals surface area contributed by atoms with Gasteiger partial charge in [0.25, 0.3) is 11.5 Å². The number of piperidine rings is 1. The van der Waals surface area contributed by atoms with Gasteiger partial charge in [-0.1, -0.05) is 0 Å². The van der Waals surface area contributed by atoms with E-state index in [2.05, 4.69) is 5.10 Å². The van der Waals surface area contributed by atoms with Crippen molar-refractivity contribution >= 4 is 5.91 Å². The molecule has 0 N–H and O–H groups in total. The third-order valence-corrected chi connectivity index (χ3v) is 5.63. The predicted molar refractivity (Wildman–Crippen MR) is 102 cm³/mol. The maximum atomic E-state index is 13.1. The molecular formula is C19H27N5O3. The third kappa shape index (κ3) is 3.24. The Hall–Kier alpha value is -2.64. The number of carbonyl (C=O) groups is 1. The Kier molecular flexibility index (Phi) is 5.08. The second-order valence-corrected chi connectivity index (χ2v) is 7.29. The number of hydrogen-bond acceptors (Lipinski definition) is 4. The fourth-order valence-corrected chi connectivity index (χ4v) is 3.80. The molecule has 0 saturated carbocycles. The van der Waals surface area contributed by atoms with E-state index in [-0.39, 0.29) is 28.6 Å². The number of hydrogen-bond donors (Lipinski definition) is 0. The summed E-state index contributed by atoms with van der Waals surface area (Å²) in [7, 11) is 3.33. The molecule has 8 heteroatoms. The van der Waals surface area contributed by atoms with Crippen LogP contribution < -0.4 is 11.2 Å². The standard InChI is InChI=1S/C19H27N5O3/c1-6-24-16(20-22(5)19(24)27)14-8-7-9-23(11-14)18(26)15-10-12(2)13(3)21(4)17(15)25/h10,14H,6-9,11H2,1-5H3/t14-/m0/s1. The topological polar surface area (TPSA) is 82.1 Å². The van der Waals surface area contributed by atoms with E-state index in [9.17, 15) is 14.4 Å². The molecule has 2 aromatic heterocycles. The Morgan fingerprint density at radius 1 is 1.26 bits per heavy atom. The highest BCUT2D eigenvalue weighted by molar-refractivity contribution is 5.94. The first-order chi connectivity index (χ1) is 12.8. The lowest BCUT2D eigenvalue weighted by Gasteiger charge is -2.32. The quantitative estimate of drug-likeness (QED) is 0.802. The van der Waals surface area contributed by atoms with E-state index in [0.29, 0.717) is 19.6 Å². The molecule has 0 aliphatic carbocycles. The number of amides is 1. The largest absolute Gasteiger partial charge is 0.345 e. The second kappa shape index (κ2) is 7.17. The number of likely N-dealkylation sites (tertiary alicyclic amines) is 1. The first-order valence-corrected chi connectivity index (χ1v) is 9.36. The molecule has 0 bridgehead atoms. The summed E-state index contributed by atoms with van der Waals surface area (Å²) < 4.78 is 4.53. The van der Waals surface area contributed by atoms with Crippen LogP contribution in [0.4, 0.5) is 0 Å². The molecule has 0 unspecified atom stereocenters. The number of aromatic nitrogens is 4. The van der Waals surface area contributed by atoms with Crippen molar-refractivity contribution in [1.82, 2.24) is 23.8 Å². The summed E-state index contributed by atoms with van der Waals surface area (Å²) in [5, 5.41) is 4.39. The van der Waals surface area contributed by atoms with Gasteiger partial charge in [-0.2, -0.15) is 5.10 Å². The SMILES string of the molecule is CCn1c([C@H]2CCCN(C(=O)c3cc(C)c(C)n(C)c3=O)C2)nn(C)c1=O. The molecule has 3 rings (SSSR count). The average Bonchev–Trinajstić information content (AvgIpc) is 2.96. The molecule has 27 heavy (non-hydrogen) atoms. The van der Waals surface area contributed by atoms with Crippen molar-refractivity contribution in [3.05, 3.63) is 49.5 Å². The first-order valence-electron chi connectivity index (χ1n) is 9.36. The van der Waals surface area contributed by atoms with Crippen LogP contribution >= 0.6 is 0 Å². The Morgan fingerprint density at radius 2 is 1.96 bits per heavy atom. The maximum absolute atomic E-state index is 13.1. The van der Waals surface area contributed by atoms with Crippen LogP contribution in [-0.2, 0) is 20.6 Å². The van der Waals surface area contributed by atoms with Crippen molar-refractivity contribution in [2.45, 2.75) is 46.1 Å². The van der Waals surface area contributed by atoms with E-state index < -0.39 is 0 Å². The van der Waals surface area contributed by atoms with Crippen LogP contribution in [-0.4, -0.2) is 42.8 Å². The fourth-order valence-electron chi connectivity index (χ4n) is 3.80. The van der Waals surface area contributed by atoms with Gasteiger partial charge < -0.3 is 9.47 Å². The summed E-state index contributed by atoms with van der Waals surface area (Å²) in [5.74, 6) is 0.465. The molecule has 0 spiro atoms. The van der Waals surface area contributed by atoms with E-state index in [1.54, 1.807) is 29.6 Å². The molecule has 3 heterocycles. The summed E-state index contributed by atoms with van der Waals surface area (Å²) in [6, 6.07) is 1.69. The Labute approximate surface area is 158 Å². The Bertz CT molecular complexity index is 998. The second-order valence-electron chi connectivity index (χ2n) is 7.29. The van der Waals surface area contributed by atoms with E-state index in [1.807, 2.05) is 20.8 Å². The van der Waals surface area contributed by atoms with Gasteiger partial charge in [0, 0.05) is 45.3 Å². The van der Waals surface area contributed by atoms with Crippen LogP contribution in [0.5, 0.6) is 0 Å². The summed E-state index contributed by atoms with van der Waals surface area (Å²) in [6.45, 7) is 7.30. The summed E-state index contributed by atoms with van der Waals surface area (Å²) in [5.41, 5.74) is 1.56. The van der Waals surface area contributed by atoms with Crippen LogP contribution in [0.1, 0.15) is 53.1 Å². The van der Waals surface area contributed by atoms with Crippen molar-refractivity contribution in [1.29, 1.82) is 0 Å². The van der Waals surface area contributed by atoms with Crippen LogP contribution in [0.15, 0.2) is 15.7 Å². The number of aryl methyl sites for hydroxylation is 2. The summed E-state index contributed by atoms with van der Waals surface area (Å²) >= 11 is 0. The average molecular weight is 373 g/mol. The molecule has 1 aliphatic rings. The van der Waals surface area contributed by atoms with Crippen molar-refractivity contribution < 1.29 is 4.79 Å². The lowest BCUT2D eigenvalue weighted by atomic mass is 9.96. The molecule has 1 atom stereocenters. The molecule has 1 saturated heterocycles. The normalized spacial score (nSPS) is 17.4. The highest BCUT2D eigenvalue weighted by atomic mass is 16.2. The van der Waals surface area contributed by atoms with Crippen LogP contribution in [0.3, 0.4) is 0 Å². The molecule has 1 amide bonds. The van der Waals surface area contributed by atoms with Gasteiger partial charge in [0.05, 0.1) is 0 Å². The summed E-state index contributed by atoms with van der Waals surface area (Å²) in [4.78, 5) is 39.5. The van der Waals surface area contributed by atoms with Gasteiger partial charge in [-0.25, -0.2) is 9.48 Å². The predicted octanol–water partition coefficient (Wildman–Crippen LogP) is 0.937. The monoisotopic (exact) mass is 373 g/mol. The molecule has 1 aliphatic heterocycles. The zero-order chi connectivity index (χ0) is 19.9. The van der Waals surface area contributed by atoms with Gasteiger partial charge in [-0.05, 0) is 45.2 Å². The lowest BCUT2D eigenvalue weighted by Crippen LogP contribution is -2.42. The van der Waals surface area contributed by atoms with Crippen molar-refractivity contribution in [3.63, 3.8) is 0 Å². The first kappa shape index (κ1) is 19.1. The van der Waals surface area contributed by atoms with Gasteiger partial charge in [0.2, 0.25) is 0 Å². The van der Waals surface area contributed by atoms with Crippen molar-refractivity contribution in [2.75, 3.05) is 13.1 Å². The third-order valence-electron chi connectivity index (χ3n) is 5.63. The van der Waals surface area contributed by atoms with Gasteiger partial charge in [0.15, 0.2) is 0 Å². The minimum atomic E-state index is -0.270. The smallest absolute Gasteiger partial charge is 0.338 e. The molecular weight excluding hydrogens is 346 g/mol. The zero-order valence-electron chi connectivity index (χ0n) is 16.7. The highest BCUT2D eigenvalue weighted by Crippen LogP contribution is 2.26. The Morgan fingerprint density at radius 3 is 2.63 bits per heavy atom. The van der Waals surface area contributed by atoms with Gasteiger partial charge in [-0.15, -0.1) is 0 Å². The van der Waals surface area contributed by atoms with Crippen LogP contribution in [0, 0.1) is 13.8 Å². The van der Waals surface area contributed by atoms with Gasteiger partial charge >= 0.3 is 5.69 Å². The zero-order valence-corrected chi connectivity index (χ0v) is 16.7. The fraction of sp³-hybridized carbons (Fsp3) is 0.579. The molecule has 1 fully saturated rings. The number of carbonyl (C=O) groups excluding carboxylic acids is 1. The van der Waals surface area contributed by atoms with E-state index in [1.165, 1.54) is 9.25 Å². The van der Waals surface area contributed by atoms with Crippen molar-refractivity contribution in [2.24, 2.45) is 14.1 Å². The number of nitrogens with zero attached hydrogens (tertiary/aromatic N) is 5. The van der Waals surface area contributed by atoms with Crippen LogP contribution in [0.2, 0.25) is 0 Å². The molecule has 0 radical (unpaired) electrons. The van der Waals surface area contributed by atoms with Crippen LogP contribution in [0.25, 0.3) is 0 Å². The van der Waals surface area contributed by atoms with E-state index in [0.717, 1.165) is 29.9 Å². The molecule has 8 nitrogen and oxygen atoms in total.